The molecule has 5 heteroatoms. The third-order valence-electron chi connectivity index (χ3n) is 4.06. The first-order chi connectivity index (χ1) is 9.81. The normalized spacial score (nSPS) is 21.0. The Morgan fingerprint density at radius 3 is 3.05 bits per heavy atom. The van der Waals surface area contributed by atoms with Gasteiger partial charge in [-0.15, -0.1) is 12.4 Å². The van der Waals surface area contributed by atoms with Crippen LogP contribution in [0, 0.1) is 0 Å². The molecule has 2 aliphatic rings. The van der Waals surface area contributed by atoms with Crippen LogP contribution in [0.2, 0.25) is 0 Å². The fourth-order valence-electron chi connectivity index (χ4n) is 2.95. The average Bonchev–Trinajstić information content (AvgIpc) is 2.48. The van der Waals surface area contributed by atoms with Crippen molar-refractivity contribution in [2.45, 2.75) is 44.8 Å². The van der Waals surface area contributed by atoms with E-state index in [1.165, 1.54) is 17.5 Å². The fourth-order valence-corrected chi connectivity index (χ4v) is 2.95. The van der Waals surface area contributed by atoms with Crippen LogP contribution in [0.5, 0.6) is 0 Å². The highest BCUT2D eigenvalue weighted by atomic mass is 35.5. The van der Waals surface area contributed by atoms with E-state index in [0.717, 1.165) is 44.6 Å². The summed E-state index contributed by atoms with van der Waals surface area (Å²) in [6.07, 6.45) is 4.93. The lowest BCUT2D eigenvalue weighted by Crippen LogP contribution is -2.26. The maximum atomic E-state index is 12.0. The van der Waals surface area contributed by atoms with Crippen molar-refractivity contribution < 1.29 is 9.53 Å². The van der Waals surface area contributed by atoms with Gasteiger partial charge in [0.25, 0.3) is 0 Å². The summed E-state index contributed by atoms with van der Waals surface area (Å²) in [5, 5.41) is 6.35. The first-order valence-corrected chi connectivity index (χ1v) is 7.55. The Morgan fingerprint density at radius 1 is 1.33 bits per heavy atom. The number of amides is 1. The van der Waals surface area contributed by atoms with Crippen molar-refractivity contribution in [1.82, 2.24) is 5.32 Å². The largest absolute Gasteiger partial charge is 0.378 e. The Bertz CT molecular complexity index is 487. The number of carbonyl (C=O) groups is 1. The van der Waals surface area contributed by atoms with Gasteiger partial charge in [-0.3, -0.25) is 4.79 Å². The van der Waals surface area contributed by atoms with Gasteiger partial charge in [0.05, 0.1) is 12.5 Å². The smallest absolute Gasteiger partial charge is 0.226 e. The van der Waals surface area contributed by atoms with Gasteiger partial charge in [0.15, 0.2) is 0 Å². The summed E-state index contributed by atoms with van der Waals surface area (Å²) in [4.78, 5) is 12.0. The van der Waals surface area contributed by atoms with Gasteiger partial charge < -0.3 is 15.4 Å². The van der Waals surface area contributed by atoms with Crippen molar-refractivity contribution in [3.8, 4) is 0 Å². The molecule has 0 saturated carbocycles. The Hall–Kier alpha value is -1.10. The van der Waals surface area contributed by atoms with Gasteiger partial charge in [-0.2, -0.15) is 0 Å². The number of hydrogen-bond donors (Lipinski definition) is 2. The molecule has 0 spiro atoms. The molecule has 1 aromatic rings. The molecule has 1 amide bonds. The molecule has 1 saturated heterocycles. The molecule has 1 atom stereocenters. The number of ether oxygens (including phenoxy) is 1. The molecule has 2 aliphatic heterocycles. The molecule has 0 radical (unpaired) electrons. The highest BCUT2D eigenvalue weighted by Gasteiger charge is 2.18. The minimum Gasteiger partial charge on any atom is -0.378 e. The molecule has 21 heavy (non-hydrogen) atoms. The molecule has 1 unspecified atom stereocenters. The number of carbonyl (C=O) groups excluding carboxylic acids is 1. The molecule has 3 rings (SSSR count). The van der Waals surface area contributed by atoms with Gasteiger partial charge in [0, 0.05) is 18.8 Å². The van der Waals surface area contributed by atoms with Crippen molar-refractivity contribution in [3.05, 3.63) is 29.3 Å². The fraction of sp³-hybridized carbons (Fsp3) is 0.562. The van der Waals surface area contributed by atoms with Crippen molar-refractivity contribution in [2.75, 3.05) is 18.5 Å². The van der Waals surface area contributed by atoms with E-state index in [1.54, 1.807) is 0 Å². The summed E-state index contributed by atoms with van der Waals surface area (Å²) < 4.78 is 5.61. The highest BCUT2D eigenvalue weighted by Crippen LogP contribution is 2.20. The first kappa shape index (κ1) is 16.3. The number of halogens is 1. The van der Waals surface area contributed by atoms with Crippen LogP contribution in [0.3, 0.4) is 0 Å². The van der Waals surface area contributed by atoms with E-state index < -0.39 is 0 Å². The van der Waals surface area contributed by atoms with Gasteiger partial charge in [0.1, 0.15) is 0 Å². The minimum absolute atomic E-state index is 0. The van der Waals surface area contributed by atoms with E-state index >= 15 is 0 Å². The Labute approximate surface area is 132 Å². The third kappa shape index (κ3) is 4.43. The van der Waals surface area contributed by atoms with E-state index in [2.05, 4.69) is 22.8 Å². The number of rotatable bonds is 3. The number of nitrogens with one attached hydrogen (secondary N) is 2. The van der Waals surface area contributed by atoms with Gasteiger partial charge in [-0.1, -0.05) is 6.07 Å². The Kier molecular flexibility index (Phi) is 6.03. The minimum atomic E-state index is 0. The zero-order chi connectivity index (χ0) is 13.8. The molecule has 2 heterocycles. The van der Waals surface area contributed by atoms with Gasteiger partial charge >= 0.3 is 0 Å². The predicted molar refractivity (Wildman–Crippen MR) is 85.9 cm³/mol. The van der Waals surface area contributed by atoms with Crippen LogP contribution >= 0.6 is 12.4 Å². The number of anilines is 1. The molecule has 4 nitrogen and oxygen atoms in total. The average molecular weight is 311 g/mol. The zero-order valence-electron chi connectivity index (χ0n) is 12.2. The van der Waals surface area contributed by atoms with E-state index in [-0.39, 0.29) is 24.4 Å². The molecular weight excluding hydrogens is 288 g/mol. The summed E-state index contributed by atoms with van der Waals surface area (Å²) in [6.45, 7) is 2.73. The van der Waals surface area contributed by atoms with Crippen LogP contribution in [0.15, 0.2) is 18.2 Å². The second-order valence-electron chi connectivity index (χ2n) is 5.65. The maximum absolute atomic E-state index is 12.0. The summed E-state index contributed by atoms with van der Waals surface area (Å²) in [6, 6.07) is 6.22. The van der Waals surface area contributed by atoms with Crippen LogP contribution in [-0.2, 0) is 22.5 Å². The lowest BCUT2D eigenvalue weighted by atomic mass is 10.0. The van der Waals surface area contributed by atoms with Crippen LogP contribution in [-0.4, -0.2) is 25.2 Å². The topological polar surface area (TPSA) is 50.4 Å². The van der Waals surface area contributed by atoms with Crippen molar-refractivity contribution >= 4 is 24.0 Å². The number of fused-ring (bicyclic) bond motifs is 1. The van der Waals surface area contributed by atoms with Crippen molar-refractivity contribution in [2.24, 2.45) is 0 Å². The van der Waals surface area contributed by atoms with E-state index in [9.17, 15) is 4.79 Å². The van der Waals surface area contributed by atoms with Crippen LogP contribution in [0.25, 0.3) is 0 Å². The molecule has 1 aromatic carbocycles. The molecular formula is C16H23ClN2O2. The second kappa shape index (κ2) is 7.78. The quantitative estimate of drug-likeness (QED) is 0.902. The monoisotopic (exact) mass is 310 g/mol. The van der Waals surface area contributed by atoms with E-state index in [1.807, 2.05) is 6.07 Å². The lowest BCUT2D eigenvalue weighted by molar-refractivity contribution is -0.119. The number of hydrogen-bond acceptors (Lipinski definition) is 3. The second-order valence-corrected chi connectivity index (χ2v) is 5.65. The van der Waals surface area contributed by atoms with Gasteiger partial charge in [-0.25, -0.2) is 0 Å². The molecule has 0 bridgehead atoms. The third-order valence-corrected chi connectivity index (χ3v) is 4.06. The SMILES string of the molecule is Cl.O=C(CC1CCCCO1)Nc1ccc2c(c1)CNCC2. The Balaban J connectivity index is 0.00000161. The van der Waals surface area contributed by atoms with Crippen LogP contribution < -0.4 is 10.6 Å². The molecule has 1 fully saturated rings. The van der Waals surface area contributed by atoms with Gasteiger partial charge in [-0.05, 0) is 55.5 Å². The maximum Gasteiger partial charge on any atom is 0.226 e. The molecule has 0 aromatic heterocycles. The molecule has 116 valence electrons. The zero-order valence-corrected chi connectivity index (χ0v) is 13.0. The highest BCUT2D eigenvalue weighted by molar-refractivity contribution is 5.91. The Morgan fingerprint density at radius 2 is 2.24 bits per heavy atom. The van der Waals surface area contributed by atoms with Crippen LogP contribution in [0.1, 0.15) is 36.8 Å². The lowest BCUT2D eigenvalue weighted by Gasteiger charge is -2.22. The van der Waals surface area contributed by atoms with E-state index in [0.29, 0.717) is 6.42 Å². The number of benzene rings is 1. The molecule has 0 aliphatic carbocycles. The summed E-state index contributed by atoms with van der Waals surface area (Å²) in [7, 11) is 0. The summed E-state index contributed by atoms with van der Waals surface area (Å²) >= 11 is 0. The first-order valence-electron chi connectivity index (χ1n) is 7.55. The summed E-state index contributed by atoms with van der Waals surface area (Å²) in [5.41, 5.74) is 3.58. The van der Waals surface area contributed by atoms with E-state index in [4.69, 9.17) is 4.74 Å². The van der Waals surface area contributed by atoms with Crippen molar-refractivity contribution in [1.29, 1.82) is 0 Å². The van der Waals surface area contributed by atoms with Gasteiger partial charge in [0.2, 0.25) is 5.91 Å². The predicted octanol–water partition coefficient (Wildman–Crippen LogP) is 2.65. The standard InChI is InChI=1S/C16H22N2O2.ClH/c19-16(10-15-3-1-2-8-20-15)18-14-5-4-12-6-7-17-11-13(12)9-14;/h4-5,9,15,17H,1-3,6-8,10-11H2,(H,18,19);1H. The molecule has 2 N–H and O–H groups in total. The summed E-state index contributed by atoms with van der Waals surface area (Å²) in [5.74, 6) is 0.0561. The van der Waals surface area contributed by atoms with Crippen LogP contribution in [0.4, 0.5) is 5.69 Å². The van der Waals surface area contributed by atoms with Crippen molar-refractivity contribution in [3.63, 3.8) is 0 Å².